The largest absolute Gasteiger partial charge is 0.497 e. The maximum absolute atomic E-state index is 12.0. The molecule has 0 aliphatic carbocycles. The van der Waals surface area contributed by atoms with Crippen molar-refractivity contribution in [3.05, 3.63) is 23.8 Å². The summed E-state index contributed by atoms with van der Waals surface area (Å²) in [6, 6.07) is 6.21. The maximum atomic E-state index is 12.0. The van der Waals surface area contributed by atoms with E-state index in [2.05, 4.69) is 34.0 Å². The first-order valence-electron chi connectivity index (χ1n) is 10.6. The van der Waals surface area contributed by atoms with Gasteiger partial charge in [0.1, 0.15) is 18.0 Å². The third kappa shape index (κ3) is 6.79. The van der Waals surface area contributed by atoms with Crippen LogP contribution in [-0.4, -0.2) is 93.6 Å². The molecule has 8 nitrogen and oxygen atoms in total. The van der Waals surface area contributed by atoms with Crippen molar-refractivity contribution in [2.75, 3.05) is 61.0 Å². The third-order valence-corrected chi connectivity index (χ3v) is 5.40. The molecule has 1 unspecified atom stereocenters. The normalized spacial score (nSPS) is 16.2. The average molecular weight is 420 g/mol. The molecule has 168 valence electrons. The van der Waals surface area contributed by atoms with Crippen LogP contribution < -0.4 is 14.8 Å². The molecule has 0 radical (unpaired) electrons. The van der Waals surface area contributed by atoms with E-state index in [1.165, 1.54) is 0 Å². The highest BCUT2D eigenvalue weighted by molar-refractivity contribution is 5.85. The minimum absolute atomic E-state index is 0.00204. The quantitative estimate of drug-likeness (QED) is 0.511. The Morgan fingerprint density at radius 3 is 2.47 bits per heavy atom. The Bertz CT molecular complexity index is 715. The Kier molecular flexibility index (Phi) is 9.23. The smallest absolute Gasteiger partial charge is 0.243 e. The van der Waals surface area contributed by atoms with E-state index in [4.69, 9.17) is 9.47 Å². The zero-order chi connectivity index (χ0) is 22.1. The molecular formula is C22H37N5O3. The molecule has 8 heteroatoms. The summed E-state index contributed by atoms with van der Waals surface area (Å²) in [5.41, 5.74) is 1.12. The Morgan fingerprint density at radius 1 is 1.20 bits per heavy atom. The predicted octanol–water partition coefficient (Wildman–Crippen LogP) is 1.65. The summed E-state index contributed by atoms with van der Waals surface area (Å²) >= 11 is 0. The van der Waals surface area contributed by atoms with Gasteiger partial charge in [-0.25, -0.2) is 4.99 Å². The van der Waals surface area contributed by atoms with Gasteiger partial charge in [0, 0.05) is 58.4 Å². The van der Waals surface area contributed by atoms with Gasteiger partial charge >= 0.3 is 0 Å². The summed E-state index contributed by atoms with van der Waals surface area (Å²) in [4.78, 5) is 22.8. The molecule has 1 aromatic rings. The predicted molar refractivity (Wildman–Crippen MR) is 120 cm³/mol. The van der Waals surface area contributed by atoms with Crippen molar-refractivity contribution >= 4 is 11.9 Å². The minimum atomic E-state index is 0.00204. The second-order valence-corrected chi connectivity index (χ2v) is 7.82. The number of guanidine groups is 1. The molecule has 1 amide bonds. The number of likely N-dealkylation sites (N-methyl/N-ethyl adjacent to an activating group) is 1. The van der Waals surface area contributed by atoms with Crippen LogP contribution in [0.4, 0.5) is 0 Å². The van der Waals surface area contributed by atoms with Gasteiger partial charge in [-0.3, -0.25) is 9.69 Å². The highest BCUT2D eigenvalue weighted by Gasteiger charge is 2.22. The lowest BCUT2D eigenvalue weighted by Gasteiger charge is -2.37. The highest BCUT2D eigenvalue weighted by Crippen LogP contribution is 2.25. The van der Waals surface area contributed by atoms with E-state index in [0.29, 0.717) is 6.04 Å². The molecule has 0 saturated carbocycles. The lowest BCUT2D eigenvalue weighted by Crippen LogP contribution is -2.53. The van der Waals surface area contributed by atoms with Crippen LogP contribution in [0.5, 0.6) is 11.5 Å². The zero-order valence-corrected chi connectivity index (χ0v) is 19.3. The fourth-order valence-electron chi connectivity index (χ4n) is 3.21. The maximum Gasteiger partial charge on any atom is 0.243 e. The number of benzene rings is 1. The number of nitrogens with one attached hydrogen (secondary N) is 1. The molecule has 1 fully saturated rings. The van der Waals surface area contributed by atoms with Gasteiger partial charge in [0.25, 0.3) is 0 Å². The number of hydrogen-bond acceptors (Lipinski definition) is 5. The molecule has 1 aliphatic heterocycles. The fourth-order valence-corrected chi connectivity index (χ4v) is 3.21. The van der Waals surface area contributed by atoms with Gasteiger partial charge in [-0.2, -0.15) is 0 Å². The summed E-state index contributed by atoms with van der Waals surface area (Å²) in [5.74, 6) is 2.53. The molecule has 1 aliphatic rings. The Labute approximate surface area is 180 Å². The number of piperazine rings is 1. The number of hydrogen-bond donors (Lipinski definition) is 1. The first kappa shape index (κ1) is 23.8. The van der Waals surface area contributed by atoms with Crippen LogP contribution in [0.3, 0.4) is 0 Å². The second kappa shape index (κ2) is 11.6. The van der Waals surface area contributed by atoms with Crippen LogP contribution in [0, 0.1) is 0 Å². The van der Waals surface area contributed by atoms with Crippen molar-refractivity contribution in [1.29, 1.82) is 0 Å². The lowest BCUT2D eigenvalue weighted by molar-refractivity contribution is -0.127. The molecule has 0 aromatic heterocycles. The lowest BCUT2D eigenvalue weighted by atomic mass is 10.1. The highest BCUT2D eigenvalue weighted by atomic mass is 16.5. The van der Waals surface area contributed by atoms with Crippen molar-refractivity contribution in [2.24, 2.45) is 4.99 Å². The standard InChI is InChI=1S/C22H37N5O3/c1-7-17(2)24-22(23-15-21(28)25(3)4)27-12-10-26(11-13-27)16-18-14-19(29-5)8-9-20(18)30-6/h8-9,14,17H,7,10-13,15-16H2,1-6H3,(H,23,24). The van der Waals surface area contributed by atoms with Crippen LogP contribution in [0.15, 0.2) is 23.2 Å². The van der Waals surface area contributed by atoms with Crippen molar-refractivity contribution in [1.82, 2.24) is 20.0 Å². The minimum Gasteiger partial charge on any atom is -0.497 e. The van der Waals surface area contributed by atoms with E-state index in [1.54, 1.807) is 33.2 Å². The van der Waals surface area contributed by atoms with Gasteiger partial charge in [0.05, 0.1) is 14.2 Å². The number of methoxy groups -OCH3 is 2. The number of nitrogens with zero attached hydrogens (tertiary/aromatic N) is 4. The third-order valence-electron chi connectivity index (χ3n) is 5.40. The van der Waals surface area contributed by atoms with Gasteiger partial charge in [-0.1, -0.05) is 6.92 Å². The Balaban J connectivity index is 2.02. The van der Waals surface area contributed by atoms with E-state index in [9.17, 15) is 4.79 Å². The number of carbonyl (C=O) groups is 1. The number of aliphatic imine (C=N–C) groups is 1. The van der Waals surface area contributed by atoms with E-state index in [0.717, 1.165) is 62.2 Å². The summed E-state index contributed by atoms with van der Waals surface area (Å²) in [7, 11) is 6.88. The average Bonchev–Trinajstić information content (AvgIpc) is 2.76. The SMILES string of the molecule is CCC(C)NC(=NCC(=O)N(C)C)N1CCN(Cc2cc(OC)ccc2OC)CC1. The second-order valence-electron chi connectivity index (χ2n) is 7.82. The van der Waals surface area contributed by atoms with Gasteiger partial charge in [-0.15, -0.1) is 0 Å². The summed E-state index contributed by atoms with van der Waals surface area (Å²) < 4.78 is 10.9. The molecule has 0 spiro atoms. The summed E-state index contributed by atoms with van der Waals surface area (Å²) in [6.45, 7) is 8.75. The molecular weight excluding hydrogens is 382 g/mol. The Hall–Kier alpha value is -2.48. The first-order chi connectivity index (χ1) is 14.4. The monoisotopic (exact) mass is 419 g/mol. The molecule has 1 saturated heterocycles. The Morgan fingerprint density at radius 2 is 1.90 bits per heavy atom. The molecule has 1 atom stereocenters. The van der Waals surface area contributed by atoms with Crippen LogP contribution in [-0.2, 0) is 11.3 Å². The zero-order valence-electron chi connectivity index (χ0n) is 19.3. The molecule has 1 aromatic carbocycles. The fraction of sp³-hybridized carbons (Fsp3) is 0.636. The molecule has 30 heavy (non-hydrogen) atoms. The van der Waals surface area contributed by atoms with Crippen molar-refractivity contribution in [3.63, 3.8) is 0 Å². The van der Waals surface area contributed by atoms with E-state index in [-0.39, 0.29) is 12.5 Å². The number of amides is 1. The van der Waals surface area contributed by atoms with Crippen molar-refractivity contribution in [3.8, 4) is 11.5 Å². The van der Waals surface area contributed by atoms with Gasteiger partial charge < -0.3 is 24.6 Å². The van der Waals surface area contributed by atoms with Crippen molar-refractivity contribution < 1.29 is 14.3 Å². The first-order valence-corrected chi connectivity index (χ1v) is 10.6. The summed E-state index contributed by atoms with van der Waals surface area (Å²) in [6.07, 6.45) is 0.996. The summed E-state index contributed by atoms with van der Waals surface area (Å²) in [5, 5.41) is 3.48. The van der Waals surface area contributed by atoms with Crippen LogP contribution in [0.1, 0.15) is 25.8 Å². The van der Waals surface area contributed by atoms with Gasteiger partial charge in [0.2, 0.25) is 5.91 Å². The molecule has 1 N–H and O–H groups in total. The number of rotatable bonds is 8. The van der Waals surface area contributed by atoms with Gasteiger partial charge in [0.15, 0.2) is 5.96 Å². The van der Waals surface area contributed by atoms with Crippen LogP contribution in [0.2, 0.25) is 0 Å². The topological polar surface area (TPSA) is 69.6 Å². The van der Waals surface area contributed by atoms with E-state index in [1.807, 2.05) is 18.2 Å². The molecule has 0 bridgehead atoms. The number of ether oxygens (including phenoxy) is 2. The van der Waals surface area contributed by atoms with E-state index < -0.39 is 0 Å². The van der Waals surface area contributed by atoms with Gasteiger partial charge in [-0.05, 0) is 31.5 Å². The molecule has 1 heterocycles. The molecule has 2 rings (SSSR count). The number of carbonyl (C=O) groups excluding carboxylic acids is 1. The van der Waals surface area contributed by atoms with Crippen LogP contribution in [0.25, 0.3) is 0 Å². The van der Waals surface area contributed by atoms with Crippen LogP contribution >= 0.6 is 0 Å². The van der Waals surface area contributed by atoms with Crippen molar-refractivity contribution in [2.45, 2.75) is 32.9 Å². The van der Waals surface area contributed by atoms with E-state index >= 15 is 0 Å².